The molecule has 0 N–H and O–H groups in total. The summed E-state index contributed by atoms with van der Waals surface area (Å²) in [6.07, 6.45) is 4.40. The third-order valence-corrected chi connectivity index (χ3v) is 3.18. The molecular formula is C15H19NO. The second-order valence-electron chi connectivity index (χ2n) is 4.57. The van der Waals surface area contributed by atoms with Gasteiger partial charge in [-0.05, 0) is 36.9 Å². The Bertz CT molecular complexity index is 525. The number of aromatic nitrogens is 1. The van der Waals surface area contributed by atoms with Crippen molar-refractivity contribution in [3.8, 4) is 0 Å². The summed E-state index contributed by atoms with van der Waals surface area (Å²) in [4.78, 5) is 11.2. The van der Waals surface area contributed by atoms with Crippen molar-refractivity contribution in [3.63, 3.8) is 0 Å². The molecule has 2 rings (SSSR count). The Balaban J connectivity index is 2.06. The highest BCUT2D eigenvalue weighted by molar-refractivity contribution is 5.81. The van der Waals surface area contributed by atoms with Crippen LogP contribution >= 0.6 is 0 Å². The number of rotatable bonds is 5. The Morgan fingerprint density at radius 3 is 2.88 bits per heavy atom. The molecule has 17 heavy (non-hydrogen) atoms. The van der Waals surface area contributed by atoms with E-state index >= 15 is 0 Å². The van der Waals surface area contributed by atoms with Crippen LogP contribution in [0.15, 0.2) is 30.5 Å². The Kier molecular flexibility index (Phi) is 3.62. The predicted molar refractivity (Wildman–Crippen MR) is 71.2 cm³/mol. The van der Waals surface area contributed by atoms with E-state index in [1.54, 1.807) is 0 Å². The summed E-state index contributed by atoms with van der Waals surface area (Å²) < 4.78 is 2.23. The zero-order valence-electron chi connectivity index (χ0n) is 10.6. The van der Waals surface area contributed by atoms with Crippen LogP contribution in [-0.2, 0) is 11.3 Å². The highest BCUT2D eigenvalue weighted by Gasteiger charge is 2.02. The molecule has 2 aromatic rings. The van der Waals surface area contributed by atoms with E-state index in [1.807, 2.05) is 6.92 Å². The first-order valence-corrected chi connectivity index (χ1v) is 6.28. The molecule has 90 valence electrons. The van der Waals surface area contributed by atoms with Gasteiger partial charge in [-0.15, -0.1) is 0 Å². The summed E-state index contributed by atoms with van der Waals surface area (Å²) in [6, 6.07) is 8.63. The van der Waals surface area contributed by atoms with Crippen molar-refractivity contribution in [1.29, 1.82) is 0 Å². The zero-order valence-corrected chi connectivity index (χ0v) is 10.6. The van der Waals surface area contributed by atoms with Gasteiger partial charge in [-0.1, -0.05) is 18.6 Å². The minimum Gasteiger partial charge on any atom is -0.347 e. The van der Waals surface area contributed by atoms with E-state index in [0.717, 1.165) is 13.0 Å². The van der Waals surface area contributed by atoms with Crippen LogP contribution in [0.1, 0.15) is 31.7 Å². The molecule has 0 aliphatic heterocycles. The molecule has 1 aromatic carbocycles. The lowest BCUT2D eigenvalue weighted by Gasteiger charge is -2.05. The number of Topliss-reactive ketones (excluding diaryl/α,β-unsaturated/α-hetero) is 1. The molecular weight excluding hydrogens is 210 g/mol. The molecule has 1 aromatic heterocycles. The Morgan fingerprint density at radius 2 is 2.12 bits per heavy atom. The van der Waals surface area contributed by atoms with Crippen LogP contribution < -0.4 is 0 Å². The van der Waals surface area contributed by atoms with Crippen molar-refractivity contribution < 1.29 is 4.79 Å². The molecule has 0 aliphatic rings. The third kappa shape index (κ3) is 2.76. The van der Waals surface area contributed by atoms with E-state index in [2.05, 4.69) is 42.0 Å². The molecule has 0 spiro atoms. The standard InChI is InChI=1S/C15H19NO/c1-3-14(17)5-4-9-16-10-8-13-11-12(2)6-7-15(13)16/h6-8,10-11H,3-5,9H2,1-2H3. The van der Waals surface area contributed by atoms with Crippen LogP contribution in [0.25, 0.3) is 10.9 Å². The van der Waals surface area contributed by atoms with Crippen molar-refractivity contribution >= 4 is 16.7 Å². The first-order chi connectivity index (χ1) is 8.20. The highest BCUT2D eigenvalue weighted by atomic mass is 16.1. The van der Waals surface area contributed by atoms with Gasteiger partial charge in [0.25, 0.3) is 0 Å². The van der Waals surface area contributed by atoms with E-state index in [9.17, 15) is 4.79 Å². The number of benzene rings is 1. The SMILES string of the molecule is CCC(=O)CCCn1ccc2cc(C)ccc21. The summed E-state index contributed by atoms with van der Waals surface area (Å²) >= 11 is 0. The first-order valence-electron chi connectivity index (χ1n) is 6.28. The fourth-order valence-corrected chi connectivity index (χ4v) is 2.14. The van der Waals surface area contributed by atoms with E-state index in [-0.39, 0.29) is 0 Å². The molecule has 0 saturated carbocycles. The smallest absolute Gasteiger partial charge is 0.132 e. The monoisotopic (exact) mass is 229 g/mol. The van der Waals surface area contributed by atoms with E-state index < -0.39 is 0 Å². The van der Waals surface area contributed by atoms with Gasteiger partial charge in [0.1, 0.15) is 5.78 Å². The van der Waals surface area contributed by atoms with Gasteiger partial charge in [0.05, 0.1) is 0 Å². The number of carbonyl (C=O) groups is 1. The fraction of sp³-hybridized carbons (Fsp3) is 0.400. The van der Waals surface area contributed by atoms with Gasteiger partial charge >= 0.3 is 0 Å². The van der Waals surface area contributed by atoms with Crippen molar-refractivity contribution in [3.05, 3.63) is 36.0 Å². The van der Waals surface area contributed by atoms with Crippen LogP contribution in [0.3, 0.4) is 0 Å². The lowest BCUT2D eigenvalue weighted by Crippen LogP contribution is -2.00. The Hall–Kier alpha value is -1.57. The molecule has 0 bridgehead atoms. The molecule has 0 unspecified atom stereocenters. The summed E-state index contributed by atoms with van der Waals surface area (Å²) in [5.74, 6) is 0.359. The molecule has 0 amide bonds. The zero-order chi connectivity index (χ0) is 12.3. The quantitative estimate of drug-likeness (QED) is 0.766. The first kappa shape index (κ1) is 11.9. The van der Waals surface area contributed by atoms with Crippen LogP contribution in [0.4, 0.5) is 0 Å². The molecule has 2 heteroatoms. The number of fused-ring (bicyclic) bond motifs is 1. The molecule has 2 nitrogen and oxygen atoms in total. The number of aryl methyl sites for hydroxylation is 2. The largest absolute Gasteiger partial charge is 0.347 e. The molecule has 0 atom stereocenters. The summed E-state index contributed by atoms with van der Waals surface area (Å²) in [5, 5.41) is 1.28. The second-order valence-corrected chi connectivity index (χ2v) is 4.57. The average molecular weight is 229 g/mol. The van der Waals surface area contributed by atoms with Crippen molar-refractivity contribution in [2.45, 2.75) is 39.7 Å². The summed E-state index contributed by atoms with van der Waals surface area (Å²) in [5.41, 5.74) is 2.55. The highest BCUT2D eigenvalue weighted by Crippen LogP contribution is 2.18. The van der Waals surface area contributed by atoms with Gasteiger partial charge < -0.3 is 4.57 Å². The Morgan fingerprint density at radius 1 is 1.29 bits per heavy atom. The third-order valence-electron chi connectivity index (χ3n) is 3.18. The molecule has 0 fully saturated rings. The number of ketones is 1. The predicted octanol–water partition coefficient (Wildman–Crippen LogP) is 3.71. The molecule has 0 saturated heterocycles. The van der Waals surface area contributed by atoms with Gasteiger partial charge in [0, 0.05) is 31.1 Å². The van der Waals surface area contributed by atoms with Gasteiger partial charge in [0.2, 0.25) is 0 Å². The summed E-state index contributed by atoms with van der Waals surface area (Å²) in [7, 11) is 0. The van der Waals surface area contributed by atoms with E-state index in [4.69, 9.17) is 0 Å². The molecule has 0 aliphatic carbocycles. The van der Waals surface area contributed by atoms with Gasteiger partial charge in [-0.3, -0.25) is 4.79 Å². The maximum Gasteiger partial charge on any atom is 0.132 e. The topological polar surface area (TPSA) is 22.0 Å². The van der Waals surface area contributed by atoms with Crippen LogP contribution in [0.5, 0.6) is 0 Å². The normalized spacial score (nSPS) is 10.9. The number of hydrogen-bond acceptors (Lipinski definition) is 1. The number of hydrogen-bond donors (Lipinski definition) is 0. The fourth-order valence-electron chi connectivity index (χ4n) is 2.14. The van der Waals surface area contributed by atoms with E-state index in [0.29, 0.717) is 18.6 Å². The van der Waals surface area contributed by atoms with Crippen molar-refractivity contribution in [2.75, 3.05) is 0 Å². The number of nitrogens with zero attached hydrogens (tertiary/aromatic N) is 1. The average Bonchev–Trinajstić information content (AvgIpc) is 2.71. The van der Waals surface area contributed by atoms with Crippen LogP contribution in [0.2, 0.25) is 0 Å². The second kappa shape index (κ2) is 5.17. The molecule has 0 radical (unpaired) electrons. The minimum atomic E-state index is 0.359. The van der Waals surface area contributed by atoms with E-state index in [1.165, 1.54) is 16.5 Å². The van der Waals surface area contributed by atoms with Crippen LogP contribution in [-0.4, -0.2) is 10.4 Å². The maximum absolute atomic E-state index is 11.2. The lowest BCUT2D eigenvalue weighted by molar-refractivity contribution is -0.118. The van der Waals surface area contributed by atoms with Gasteiger partial charge in [0.15, 0.2) is 0 Å². The molecule has 1 heterocycles. The van der Waals surface area contributed by atoms with Gasteiger partial charge in [-0.25, -0.2) is 0 Å². The van der Waals surface area contributed by atoms with Crippen molar-refractivity contribution in [2.24, 2.45) is 0 Å². The van der Waals surface area contributed by atoms with Crippen LogP contribution in [0, 0.1) is 6.92 Å². The maximum atomic E-state index is 11.2. The lowest BCUT2D eigenvalue weighted by atomic mass is 10.1. The summed E-state index contributed by atoms with van der Waals surface area (Å²) in [6.45, 7) is 4.96. The van der Waals surface area contributed by atoms with Gasteiger partial charge in [-0.2, -0.15) is 0 Å². The minimum absolute atomic E-state index is 0.359. The Labute approximate surface area is 102 Å². The van der Waals surface area contributed by atoms with Crippen molar-refractivity contribution in [1.82, 2.24) is 4.57 Å². The number of carbonyl (C=O) groups excluding carboxylic acids is 1.